The number of urea groups is 1. The monoisotopic (exact) mass is 296 g/mol. The Morgan fingerprint density at radius 3 is 2.14 bits per heavy atom. The summed E-state index contributed by atoms with van der Waals surface area (Å²) in [6.07, 6.45) is 0. The molecule has 1 saturated heterocycles. The van der Waals surface area contributed by atoms with Gasteiger partial charge in [-0.25, -0.2) is 4.79 Å². The average Bonchev–Trinajstić information content (AvgIpc) is 2.91. The van der Waals surface area contributed by atoms with Crippen molar-refractivity contribution in [3.05, 3.63) is 54.6 Å². The lowest BCUT2D eigenvalue weighted by molar-refractivity contribution is 0.209. The minimum absolute atomic E-state index is 0.0757. The third-order valence-corrected chi connectivity index (χ3v) is 3.79. The van der Waals surface area contributed by atoms with Crippen LogP contribution in [0.3, 0.4) is 0 Å². The minimum Gasteiger partial charge on any atom is -0.457 e. The molecule has 22 heavy (non-hydrogen) atoms. The normalized spacial score (nSPS) is 14.8. The Labute approximate surface area is 130 Å². The highest BCUT2D eigenvalue weighted by Crippen LogP contribution is 2.26. The van der Waals surface area contributed by atoms with Crippen LogP contribution in [0.1, 0.15) is 13.8 Å². The van der Waals surface area contributed by atoms with Crippen LogP contribution in [0.4, 0.5) is 10.5 Å². The van der Waals surface area contributed by atoms with E-state index < -0.39 is 0 Å². The van der Waals surface area contributed by atoms with Crippen LogP contribution in [-0.2, 0) is 0 Å². The molecule has 4 nitrogen and oxygen atoms in total. The quantitative estimate of drug-likeness (QED) is 0.850. The molecule has 3 rings (SSSR count). The summed E-state index contributed by atoms with van der Waals surface area (Å²) in [7, 11) is 0. The maximum absolute atomic E-state index is 12.3. The van der Waals surface area contributed by atoms with Crippen molar-refractivity contribution >= 4 is 11.7 Å². The van der Waals surface area contributed by atoms with Gasteiger partial charge in [-0.1, -0.05) is 18.2 Å². The molecule has 0 saturated carbocycles. The Bertz CT molecular complexity index is 638. The first-order valence-electron chi connectivity index (χ1n) is 7.56. The Morgan fingerprint density at radius 2 is 1.55 bits per heavy atom. The standard InChI is InChI=1S/C18H20N2O2/c1-14(2)19-12-13-20(18(19)21)15-8-10-17(11-9-15)22-16-6-4-3-5-7-16/h3-11,14H,12-13H2,1-2H3. The van der Waals surface area contributed by atoms with E-state index in [4.69, 9.17) is 4.74 Å². The molecule has 2 aromatic rings. The van der Waals surface area contributed by atoms with Crippen LogP contribution in [0.25, 0.3) is 0 Å². The molecule has 1 heterocycles. The molecule has 114 valence electrons. The van der Waals surface area contributed by atoms with Gasteiger partial charge >= 0.3 is 6.03 Å². The van der Waals surface area contributed by atoms with Gasteiger partial charge in [0.1, 0.15) is 11.5 Å². The van der Waals surface area contributed by atoms with Gasteiger partial charge in [0.2, 0.25) is 0 Å². The Morgan fingerprint density at radius 1 is 0.909 bits per heavy atom. The van der Waals surface area contributed by atoms with Crippen LogP contribution in [0.2, 0.25) is 0 Å². The number of para-hydroxylation sites is 1. The van der Waals surface area contributed by atoms with Crippen molar-refractivity contribution in [3.8, 4) is 11.5 Å². The van der Waals surface area contributed by atoms with Gasteiger partial charge in [0.15, 0.2) is 0 Å². The van der Waals surface area contributed by atoms with Crippen molar-refractivity contribution in [2.75, 3.05) is 18.0 Å². The van der Waals surface area contributed by atoms with Crippen molar-refractivity contribution in [2.45, 2.75) is 19.9 Å². The first kappa shape index (κ1) is 14.4. The molecular weight excluding hydrogens is 276 g/mol. The topological polar surface area (TPSA) is 32.8 Å². The van der Waals surface area contributed by atoms with Crippen LogP contribution in [0.15, 0.2) is 54.6 Å². The van der Waals surface area contributed by atoms with Gasteiger partial charge in [-0.05, 0) is 50.2 Å². The first-order valence-corrected chi connectivity index (χ1v) is 7.56. The fraction of sp³-hybridized carbons (Fsp3) is 0.278. The zero-order chi connectivity index (χ0) is 15.5. The van der Waals surface area contributed by atoms with Crippen molar-refractivity contribution in [3.63, 3.8) is 0 Å². The summed E-state index contributed by atoms with van der Waals surface area (Å²) in [4.78, 5) is 16.0. The van der Waals surface area contributed by atoms with Gasteiger partial charge in [0.25, 0.3) is 0 Å². The molecule has 1 aliphatic heterocycles. The number of carbonyl (C=O) groups excluding carboxylic acids is 1. The molecule has 0 unspecified atom stereocenters. The molecule has 0 radical (unpaired) electrons. The number of benzene rings is 2. The smallest absolute Gasteiger partial charge is 0.324 e. The van der Waals surface area contributed by atoms with Crippen LogP contribution >= 0.6 is 0 Å². The van der Waals surface area contributed by atoms with Crippen molar-refractivity contribution in [1.82, 2.24) is 4.90 Å². The van der Waals surface area contributed by atoms with E-state index in [1.165, 1.54) is 0 Å². The zero-order valence-electron chi connectivity index (χ0n) is 12.9. The average molecular weight is 296 g/mol. The molecule has 2 aromatic carbocycles. The second kappa shape index (κ2) is 6.10. The summed E-state index contributed by atoms with van der Waals surface area (Å²) in [6, 6.07) is 17.6. The molecule has 0 atom stereocenters. The number of hydrogen-bond acceptors (Lipinski definition) is 2. The first-order chi connectivity index (χ1) is 10.6. The molecular formula is C18H20N2O2. The van der Waals surface area contributed by atoms with Gasteiger partial charge in [-0.15, -0.1) is 0 Å². The third-order valence-electron chi connectivity index (χ3n) is 3.79. The molecule has 0 spiro atoms. The minimum atomic E-state index is 0.0757. The molecule has 0 aromatic heterocycles. The highest BCUT2D eigenvalue weighted by atomic mass is 16.5. The van der Waals surface area contributed by atoms with Crippen molar-refractivity contribution in [2.24, 2.45) is 0 Å². The molecule has 4 heteroatoms. The number of rotatable bonds is 4. The number of carbonyl (C=O) groups is 1. The fourth-order valence-corrected chi connectivity index (χ4v) is 2.59. The Balaban J connectivity index is 1.71. The summed E-state index contributed by atoms with van der Waals surface area (Å²) < 4.78 is 5.77. The molecule has 1 fully saturated rings. The van der Waals surface area contributed by atoms with Gasteiger partial charge < -0.3 is 9.64 Å². The van der Waals surface area contributed by atoms with E-state index in [-0.39, 0.29) is 12.1 Å². The van der Waals surface area contributed by atoms with Crippen molar-refractivity contribution < 1.29 is 9.53 Å². The molecule has 0 bridgehead atoms. The summed E-state index contributed by atoms with van der Waals surface area (Å²) in [5.74, 6) is 1.57. The second-order valence-electron chi connectivity index (χ2n) is 5.63. The van der Waals surface area contributed by atoms with E-state index in [2.05, 4.69) is 0 Å². The highest BCUT2D eigenvalue weighted by molar-refractivity contribution is 5.94. The SMILES string of the molecule is CC(C)N1CCN(c2ccc(Oc3ccccc3)cc2)C1=O. The van der Waals surface area contributed by atoms with E-state index in [0.717, 1.165) is 30.3 Å². The summed E-state index contributed by atoms with van der Waals surface area (Å²) in [6.45, 7) is 5.59. The predicted octanol–water partition coefficient (Wildman–Crippen LogP) is 4.13. The van der Waals surface area contributed by atoms with E-state index in [0.29, 0.717) is 0 Å². The Kier molecular flexibility index (Phi) is 4.00. The molecule has 0 aliphatic carbocycles. The number of ether oxygens (including phenoxy) is 1. The zero-order valence-corrected chi connectivity index (χ0v) is 12.9. The highest BCUT2D eigenvalue weighted by Gasteiger charge is 2.30. The molecule has 2 amide bonds. The van der Waals surface area contributed by atoms with Crippen LogP contribution in [0, 0.1) is 0 Å². The lowest BCUT2D eigenvalue weighted by Gasteiger charge is -2.21. The van der Waals surface area contributed by atoms with Crippen LogP contribution < -0.4 is 9.64 Å². The Hall–Kier alpha value is -2.49. The van der Waals surface area contributed by atoms with Gasteiger partial charge in [0, 0.05) is 24.8 Å². The lowest BCUT2D eigenvalue weighted by atomic mass is 10.2. The maximum atomic E-state index is 12.3. The number of anilines is 1. The van der Waals surface area contributed by atoms with Crippen LogP contribution in [-0.4, -0.2) is 30.1 Å². The predicted molar refractivity (Wildman–Crippen MR) is 87.5 cm³/mol. The van der Waals surface area contributed by atoms with Gasteiger partial charge in [0.05, 0.1) is 0 Å². The van der Waals surface area contributed by atoms with Crippen LogP contribution in [0.5, 0.6) is 11.5 Å². The molecule has 0 N–H and O–H groups in total. The van der Waals surface area contributed by atoms with Gasteiger partial charge in [-0.3, -0.25) is 4.90 Å². The second-order valence-corrected chi connectivity index (χ2v) is 5.63. The van der Waals surface area contributed by atoms with E-state index >= 15 is 0 Å². The summed E-state index contributed by atoms with van der Waals surface area (Å²) >= 11 is 0. The number of nitrogens with zero attached hydrogens (tertiary/aromatic N) is 2. The maximum Gasteiger partial charge on any atom is 0.324 e. The summed E-state index contributed by atoms with van der Waals surface area (Å²) in [5, 5.41) is 0. The fourth-order valence-electron chi connectivity index (χ4n) is 2.59. The van der Waals surface area contributed by atoms with E-state index in [1.54, 1.807) is 0 Å². The van der Waals surface area contributed by atoms with Gasteiger partial charge in [-0.2, -0.15) is 0 Å². The number of amides is 2. The lowest BCUT2D eigenvalue weighted by Crippen LogP contribution is -2.36. The summed E-state index contributed by atoms with van der Waals surface area (Å²) in [5.41, 5.74) is 0.911. The largest absolute Gasteiger partial charge is 0.457 e. The number of hydrogen-bond donors (Lipinski definition) is 0. The van der Waals surface area contributed by atoms with E-state index in [9.17, 15) is 4.79 Å². The molecule has 1 aliphatic rings. The third kappa shape index (κ3) is 2.91. The van der Waals surface area contributed by atoms with E-state index in [1.807, 2.05) is 78.2 Å². The van der Waals surface area contributed by atoms with Crippen molar-refractivity contribution in [1.29, 1.82) is 0 Å².